The summed E-state index contributed by atoms with van der Waals surface area (Å²) >= 11 is 1.15. The van der Waals surface area contributed by atoms with E-state index in [1.165, 1.54) is 6.92 Å². The molecule has 1 aromatic rings. The Labute approximate surface area is 119 Å². The highest BCUT2D eigenvalue weighted by atomic mass is 32.2. The van der Waals surface area contributed by atoms with Crippen molar-refractivity contribution in [3.05, 3.63) is 22.9 Å². The molecule has 1 aromatic heterocycles. The van der Waals surface area contributed by atoms with Crippen LogP contribution in [0.25, 0.3) is 0 Å². The first-order chi connectivity index (χ1) is 9.40. The van der Waals surface area contributed by atoms with E-state index in [0.29, 0.717) is 12.2 Å². The number of thioether (sulfide) groups is 1. The summed E-state index contributed by atoms with van der Waals surface area (Å²) in [6.07, 6.45) is -2.33. The van der Waals surface area contributed by atoms with Crippen LogP contribution in [0.15, 0.2) is 11.1 Å². The zero-order chi connectivity index (χ0) is 15.2. The predicted octanol–water partition coefficient (Wildman–Crippen LogP) is 3.54. The molecule has 0 atom stereocenters. The van der Waals surface area contributed by atoms with E-state index in [2.05, 4.69) is 4.98 Å². The standard InChI is InChI=1S/C13H15F3N2OS/c1-9-7-11(13(14,15)16)10(8-17)12(18-9)20-6-4-2-3-5-19/h7,19H,2-6H2,1H3. The number of unbranched alkanes of at least 4 members (excludes halogenated alkanes) is 2. The molecule has 1 N–H and O–H groups in total. The smallest absolute Gasteiger partial charge is 0.396 e. The normalized spacial score (nSPS) is 11.4. The van der Waals surface area contributed by atoms with Gasteiger partial charge in [-0.25, -0.2) is 4.98 Å². The number of aromatic nitrogens is 1. The second-order valence-electron chi connectivity index (χ2n) is 4.23. The number of rotatable bonds is 6. The Kier molecular flexibility index (Phi) is 6.30. The fourth-order valence-electron chi connectivity index (χ4n) is 1.64. The van der Waals surface area contributed by atoms with Crippen molar-refractivity contribution < 1.29 is 18.3 Å². The van der Waals surface area contributed by atoms with Crippen molar-refractivity contribution in [2.45, 2.75) is 37.4 Å². The van der Waals surface area contributed by atoms with Crippen molar-refractivity contribution in [3.63, 3.8) is 0 Å². The van der Waals surface area contributed by atoms with Crippen LogP contribution in [0, 0.1) is 18.3 Å². The number of aliphatic hydroxyl groups excluding tert-OH is 1. The van der Waals surface area contributed by atoms with E-state index in [1.54, 1.807) is 6.07 Å². The Morgan fingerprint density at radius 2 is 2.05 bits per heavy atom. The van der Waals surface area contributed by atoms with Crippen molar-refractivity contribution in [3.8, 4) is 6.07 Å². The summed E-state index contributed by atoms with van der Waals surface area (Å²) in [5.74, 6) is 0.572. The minimum Gasteiger partial charge on any atom is -0.396 e. The van der Waals surface area contributed by atoms with Gasteiger partial charge in [-0.15, -0.1) is 11.8 Å². The monoisotopic (exact) mass is 304 g/mol. The van der Waals surface area contributed by atoms with E-state index in [9.17, 15) is 13.2 Å². The molecule has 7 heteroatoms. The Hall–Kier alpha value is -1.26. The number of halogens is 3. The zero-order valence-corrected chi connectivity index (χ0v) is 11.8. The van der Waals surface area contributed by atoms with E-state index in [0.717, 1.165) is 30.7 Å². The number of hydrogen-bond acceptors (Lipinski definition) is 4. The molecule has 20 heavy (non-hydrogen) atoms. The second-order valence-corrected chi connectivity index (χ2v) is 5.32. The quantitative estimate of drug-likeness (QED) is 0.645. The van der Waals surface area contributed by atoms with Crippen LogP contribution in [0.3, 0.4) is 0 Å². The molecule has 0 unspecified atom stereocenters. The lowest BCUT2D eigenvalue weighted by atomic mass is 10.1. The van der Waals surface area contributed by atoms with Crippen LogP contribution >= 0.6 is 11.8 Å². The number of alkyl halides is 3. The van der Waals surface area contributed by atoms with Gasteiger partial charge in [0.05, 0.1) is 11.1 Å². The molecule has 0 saturated carbocycles. The number of aryl methyl sites for hydroxylation is 1. The summed E-state index contributed by atoms with van der Waals surface area (Å²) in [5.41, 5.74) is -1.09. The Morgan fingerprint density at radius 3 is 2.60 bits per heavy atom. The molecular formula is C13H15F3N2OS. The maximum atomic E-state index is 12.9. The minimum atomic E-state index is -4.55. The van der Waals surface area contributed by atoms with Gasteiger partial charge in [-0.3, -0.25) is 0 Å². The van der Waals surface area contributed by atoms with Gasteiger partial charge < -0.3 is 5.11 Å². The molecule has 0 amide bonds. The van der Waals surface area contributed by atoms with Crippen molar-refractivity contribution in [1.82, 2.24) is 4.98 Å². The third-order valence-corrected chi connectivity index (χ3v) is 3.63. The Bertz CT molecular complexity index is 498. The largest absolute Gasteiger partial charge is 0.417 e. The molecule has 0 aliphatic rings. The van der Waals surface area contributed by atoms with Crippen molar-refractivity contribution in [2.75, 3.05) is 12.4 Å². The molecule has 0 aromatic carbocycles. The Morgan fingerprint density at radius 1 is 1.35 bits per heavy atom. The first-order valence-electron chi connectivity index (χ1n) is 6.12. The van der Waals surface area contributed by atoms with Gasteiger partial charge >= 0.3 is 6.18 Å². The third-order valence-electron chi connectivity index (χ3n) is 2.57. The zero-order valence-electron chi connectivity index (χ0n) is 11.0. The van der Waals surface area contributed by atoms with E-state index in [1.807, 2.05) is 0 Å². The maximum Gasteiger partial charge on any atom is 0.417 e. The van der Waals surface area contributed by atoms with Crippen LogP contribution in [-0.4, -0.2) is 22.5 Å². The molecule has 0 saturated heterocycles. The molecule has 0 fully saturated rings. The molecule has 110 valence electrons. The van der Waals surface area contributed by atoms with Crippen molar-refractivity contribution in [1.29, 1.82) is 5.26 Å². The average molecular weight is 304 g/mol. The summed E-state index contributed by atoms with van der Waals surface area (Å²) < 4.78 is 38.6. The van der Waals surface area contributed by atoms with Crippen LogP contribution in [0.4, 0.5) is 13.2 Å². The van der Waals surface area contributed by atoms with E-state index in [4.69, 9.17) is 10.4 Å². The van der Waals surface area contributed by atoms with Gasteiger partial charge in [-0.1, -0.05) is 6.42 Å². The van der Waals surface area contributed by atoms with Crippen molar-refractivity contribution in [2.24, 2.45) is 0 Å². The first-order valence-corrected chi connectivity index (χ1v) is 7.11. The highest BCUT2D eigenvalue weighted by Gasteiger charge is 2.35. The molecule has 3 nitrogen and oxygen atoms in total. The summed E-state index contributed by atoms with van der Waals surface area (Å²) in [6, 6.07) is 2.50. The fourth-order valence-corrected chi connectivity index (χ4v) is 2.69. The second kappa shape index (κ2) is 7.50. The van der Waals surface area contributed by atoms with Crippen LogP contribution in [-0.2, 0) is 6.18 Å². The van der Waals surface area contributed by atoms with Gasteiger partial charge in [0.25, 0.3) is 0 Å². The lowest BCUT2D eigenvalue weighted by Crippen LogP contribution is -2.10. The predicted molar refractivity (Wildman–Crippen MR) is 70.4 cm³/mol. The molecular weight excluding hydrogens is 289 g/mol. The number of nitriles is 1. The third kappa shape index (κ3) is 4.69. The van der Waals surface area contributed by atoms with Crippen LogP contribution < -0.4 is 0 Å². The Balaban J connectivity index is 2.91. The van der Waals surface area contributed by atoms with E-state index in [-0.39, 0.29) is 17.3 Å². The van der Waals surface area contributed by atoms with Gasteiger partial charge in [-0.05, 0) is 31.6 Å². The number of pyridine rings is 1. The molecule has 1 rings (SSSR count). The van der Waals surface area contributed by atoms with Gasteiger partial charge in [0.1, 0.15) is 11.1 Å². The molecule has 0 aliphatic carbocycles. The van der Waals surface area contributed by atoms with Crippen molar-refractivity contribution >= 4 is 11.8 Å². The highest BCUT2D eigenvalue weighted by molar-refractivity contribution is 7.99. The summed E-state index contributed by atoms with van der Waals surface area (Å²) in [5, 5.41) is 17.7. The lowest BCUT2D eigenvalue weighted by molar-refractivity contribution is -0.138. The van der Waals surface area contributed by atoms with E-state index < -0.39 is 17.3 Å². The summed E-state index contributed by atoms with van der Waals surface area (Å²) in [7, 11) is 0. The number of aliphatic hydroxyl groups is 1. The SMILES string of the molecule is Cc1cc(C(F)(F)F)c(C#N)c(SCCCCCO)n1. The fraction of sp³-hybridized carbons (Fsp3) is 0.538. The topological polar surface area (TPSA) is 56.9 Å². The molecule has 0 radical (unpaired) electrons. The molecule has 0 spiro atoms. The van der Waals surface area contributed by atoms with Crippen LogP contribution in [0.2, 0.25) is 0 Å². The van der Waals surface area contributed by atoms with Gasteiger partial charge in [0.15, 0.2) is 0 Å². The number of nitrogens with zero attached hydrogens (tertiary/aromatic N) is 2. The van der Waals surface area contributed by atoms with E-state index >= 15 is 0 Å². The molecule has 0 aliphatic heterocycles. The maximum absolute atomic E-state index is 12.9. The van der Waals surface area contributed by atoms with Crippen LogP contribution in [0.5, 0.6) is 0 Å². The van der Waals surface area contributed by atoms with Gasteiger partial charge in [-0.2, -0.15) is 18.4 Å². The minimum absolute atomic E-state index is 0.106. The highest BCUT2D eigenvalue weighted by Crippen LogP contribution is 2.35. The summed E-state index contributed by atoms with van der Waals surface area (Å²) in [4.78, 5) is 4.03. The number of hydrogen-bond donors (Lipinski definition) is 1. The average Bonchev–Trinajstić information content (AvgIpc) is 2.37. The van der Waals surface area contributed by atoms with Gasteiger partial charge in [0.2, 0.25) is 0 Å². The molecule has 1 heterocycles. The summed E-state index contributed by atoms with van der Waals surface area (Å²) in [6.45, 7) is 1.58. The molecule has 0 bridgehead atoms. The van der Waals surface area contributed by atoms with Crippen LogP contribution in [0.1, 0.15) is 36.1 Å². The van der Waals surface area contributed by atoms with Gasteiger partial charge in [0, 0.05) is 12.3 Å². The lowest BCUT2D eigenvalue weighted by Gasteiger charge is -2.12. The first kappa shape index (κ1) is 16.8.